The Balaban J connectivity index is 1.81. The number of H-pyrrole nitrogens is 1. The van der Waals surface area contributed by atoms with E-state index in [1.165, 1.54) is 25.3 Å². The first kappa shape index (κ1) is 27.1. The van der Waals surface area contributed by atoms with Gasteiger partial charge in [0.25, 0.3) is 5.91 Å². The molecular weight excluding hydrogens is 508 g/mol. The van der Waals surface area contributed by atoms with Crippen LogP contribution in [0.2, 0.25) is 5.02 Å². The number of alkyl halides is 3. The summed E-state index contributed by atoms with van der Waals surface area (Å²) in [5.74, 6) is -5.82. The molecule has 0 spiro atoms. The second kappa shape index (κ2) is 11.5. The largest absolute Gasteiger partial charge is 0.481 e. The number of aliphatic carboxylic acids is 1. The summed E-state index contributed by atoms with van der Waals surface area (Å²) in [6.45, 7) is -0.145. The van der Waals surface area contributed by atoms with Crippen LogP contribution in [-0.4, -0.2) is 51.9 Å². The minimum Gasteiger partial charge on any atom is -0.481 e. The van der Waals surface area contributed by atoms with Gasteiger partial charge in [-0.2, -0.15) is 18.2 Å². The van der Waals surface area contributed by atoms with Crippen LogP contribution in [0.3, 0.4) is 0 Å². The number of nitrogens with one attached hydrogen (secondary N) is 2. The molecule has 36 heavy (non-hydrogen) atoms. The first-order valence-electron chi connectivity index (χ1n) is 10.5. The van der Waals surface area contributed by atoms with E-state index in [0.717, 1.165) is 0 Å². The molecule has 0 aliphatic heterocycles. The van der Waals surface area contributed by atoms with Crippen molar-refractivity contribution in [2.24, 2.45) is 5.92 Å². The molecule has 2 aromatic carbocycles. The predicted molar refractivity (Wildman–Crippen MR) is 121 cm³/mol. The Hall–Kier alpha value is -3.51. The number of methoxy groups -OCH3 is 1. The number of nitrogens with zero attached hydrogens (tertiary/aromatic N) is 2. The molecule has 0 aliphatic rings. The summed E-state index contributed by atoms with van der Waals surface area (Å²) in [4.78, 5) is 27.3. The fraction of sp³-hybridized carbons (Fsp3) is 0.304. The zero-order valence-corrected chi connectivity index (χ0v) is 19.5. The lowest BCUT2D eigenvalue weighted by Gasteiger charge is -2.22. The molecule has 3 N–H and O–H groups in total. The second-order valence-electron chi connectivity index (χ2n) is 7.93. The molecule has 0 saturated heterocycles. The molecule has 3 rings (SSSR count). The number of benzene rings is 2. The number of aromatic nitrogens is 3. The third kappa shape index (κ3) is 7.01. The maximum atomic E-state index is 14.2. The van der Waals surface area contributed by atoms with Gasteiger partial charge in [-0.3, -0.25) is 14.7 Å². The third-order valence-corrected chi connectivity index (χ3v) is 5.49. The lowest BCUT2D eigenvalue weighted by Crippen LogP contribution is -2.40. The van der Waals surface area contributed by atoms with Gasteiger partial charge in [0, 0.05) is 23.7 Å². The van der Waals surface area contributed by atoms with Gasteiger partial charge < -0.3 is 15.2 Å². The zero-order chi connectivity index (χ0) is 26.5. The number of hydrogen-bond acceptors (Lipinski definition) is 5. The topological polar surface area (TPSA) is 117 Å². The molecular formula is C23H21ClF4N4O4. The van der Waals surface area contributed by atoms with Gasteiger partial charge in [-0.05, 0) is 42.2 Å². The number of ether oxygens (including phenoxy) is 1. The van der Waals surface area contributed by atoms with Crippen LogP contribution in [0.4, 0.5) is 17.6 Å². The van der Waals surface area contributed by atoms with E-state index in [9.17, 15) is 32.3 Å². The van der Waals surface area contributed by atoms with Crippen LogP contribution >= 0.6 is 11.6 Å². The van der Waals surface area contributed by atoms with E-state index >= 15 is 0 Å². The number of halogens is 5. The number of amides is 1. The molecule has 0 saturated carbocycles. The lowest BCUT2D eigenvalue weighted by molar-refractivity contribution is -0.145. The predicted octanol–water partition coefficient (Wildman–Crippen LogP) is 4.36. The minimum atomic E-state index is -4.82. The van der Waals surface area contributed by atoms with Gasteiger partial charge >= 0.3 is 12.1 Å². The van der Waals surface area contributed by atoms with Crippen molar-refractivity contribution in [1.29, 1.82) is 0 Å². The SMILES string of the molecule is COC[C@H](C[C@@H](Cc1ccc(-c2cc(Cl)ccc2F)cc1)NC(=O)c1n[nH]c(C(F)(F)F)n1)C(=O)O. The summed E-state index contributed by atoms with van der Waals surface area (Å²) in [6, 6.07) is 9.91. The van der Waals surface area contributed by atoms with Crippen molar-refractivity contribution in [3.8, 4) is 11.1 Å². The van der Waals surface area contributed by atoms with Crippen molar-refractivity contribution in [2.45, 2.75) is 25.1 Å². The van der Waals surface area contributed by atoms with Crippen molar-refractivity contribution in [3.05, 3.63) is 70.5 Å². The van der Waals surface area contributed by atoms with Crippen molar-refractivity contribution in [2.75, 3.05) is 13.7 Å². The quantitative estimate of drug-likeness (QED) is 0.337. The highest BCUT2D eigenvalue weighted by molar-refractivity contribution is 6.30. The molecule has 0 bridgehead atoms. The molecule has 1 aromatic heterocycles. The number of carboxylic acids is 1. The highest BCUT2D eigenvalue weighted by atomic mass is 35.5. The molecule has 0 aliphatic carbocycles. The fourth-order valence-corrected chi connectivity index (χ4v) is 3.71. The molecule has 192 valence electrons. The van der Waals surface area contributed by atoms with Crippen molar-refractivity contribution >= 4 is 23.5 Å². The Kier molecular flexibility index (Phi) is 8.64. The van der Waals surface area contributed by atoms with Gasteiger partial charge in [0.1, 0.15) is 5.82 Å². The molecule has 3 aromatic rings. The molecule has 1 heterocycles. The maximum Gasteiger partial charge on any atom is 0.451 e. The normalized spacial score (nSPS) is 13.3. The Labute approximate surface area is 207 Å². The van der Waals surface area contributed by atoms with Gasteiger partial charge in [-0.15, -0.1) is 5.10 Å². The molecule has 1 amide bonds. The van der Waals surface area contributed by atoms with Crippen LogP contribution in [0.15, 0.2) is 42.5 Å². The smallest absolute Gasteiger partial charge is 0.451 e. The minimum absolute atomic E-state index is 0.0872. The maximum absolute atomic E-state index is 14.2. The van der Waals surface area contributed by atoms with Crippen LogP contribution in [0.1, 0.15) is 28.4 Å². The Morgan fingerprint density at radius 1 is 1.19 bits per heavy atom. The van der Waals surface area contributed by atoms with Gasteiger partial charge in [-0.25, -0.2) is 4.39 Å². The fourth-order valence-electron chi connectivity index (χ4n) is 3.54. The number of carbonyl (C=O) groups is 2. The summed E-state index contributed by atoms with van der Waals surface area (Å²) in [5.41, 5.74) is 1.48. The standard InChI is InChI=1S/C23H21ClF4N4O4/c1-36-11-14(21(34)35)9-16(29-20(33)19-30-22(32-31-19)23(26,27)28)8-12-2-4-13(5-3-12)17-10-15(24)6-7-18(17)25/h2-7,10,14,16H,8-9,11H2,1H3,(H,29,33)(H,34,35)(H,30,31,32)/t14-,16+/m0/s1. The average Bonchev–Trinajstić information content (AvgIpc) is 3.32. The first-order valence-corrected chi connectivity index (χ1v) is 10.9. The van der Waals surface area contributed by atoms with Gasteiger partial charge in [0.15, 0.2) is 0 Å². The number of hydrogen-bond donors (Lipinski definition) is 3. The van der Waals surface area contributed by atoms with Crippen LogP contribution in [0, 0.1) is 11.7 Å². The molecule has 0 fully saturated rings. The van der Waals surface area contributed by atoms with E-state index in [-0.39, 0.29) is 25.0 Å². The number of rotatable bonds is 10. The zero-order valence-electron chi connectivity index (χ0n) is 18.8. The van der Waals surface area contributed by atoms with E-state index in [4.69, 9.17) is 16.3 Å². The van der Waals surface area contributed by atoms with Gasteiger partial charge in [0.2, 0.25) is 11.6 Å². The summed E-state index contributed by atoms with van der Waals surface area (Å²) in [5, 5.41) is 17.3. The van der Waals surface area contributed by atoms with Crippen molar-refractivity contribution in [1.82, 2.24) is 20.5 Å². The summed E-state index contributed by atoms with van der Waals surface area (Å²) in [7, 11) is 1.32. The molecule has 13 heteroatoms. The Bertz CT molecular complexity index is 1220. The second-order valence-corrected chi connectivity index (χ2v) is 8.36. The van der Waals surface area contributed by atoms with Crippen LogP contribution < -0.4 is 5.32 Å². The highest BCUT2D eigenvalue weighted by Gasteiger charge is 2.36. The van der Waals surface area contributed by atoms with Crippen molar-refractivity contribution < 1.29 is 37.0 Å². The van der Waals surface area contributed by atoms with Gasteiger partial charge in [0.05, 0.1) is 12.5 Å². The number of carboxylic acid groups (broad SMARTS) is 1. The van der Waals surface area contributed by atoms with E-state index in [1.54, 1.807) is 29.4 Å². The first-order chi connectivity index (χ1) is 17.0. The number of aromatic amines is 1. The molecule has 0 unspecified atom stereocenters. The number of carbonyl (C=O) groups excluding carboxylic acids is 1. The summed E-state index contributed by atoms with van der Waals surface area (Å²) >= 11 is 5.95. The summed E-state index contributed by atoms with van der Waals surface area (Å²) < 4.78 is 57.5. The van der Waals surface area contributed by atoms with E-state index < -0.39 is 47.5 Å². The third-order valence-electron chi connectivity index (χ3n) is 5.25. The average molecular weight is 529 g/mol. The molecule has 0 radical (unpaired) electrons. The Morgan fingerprint density at radius 2 is 1.89 bits per heavy atom. The van der Waals surface area contributed by atoms with E-state index in [1.807, 2.05) is 0 Å². The van der Waals surface area contributed by atoms with E-state index in [2.05, 4.69) is 15.4 Å². The van der Waals surface area contributed by atoms with Gasteiger partial charge in [-0.1, -0.05) is 35.9 Å². The monoisotopic (exact) mass is 528 g/mol. The molecule has 8 nitrogen and oxygen atoms in total. The van der Waals surface area contributed by atoms with Crippen LogP contribution in [0.5, 0.6) is 0 Å². The lowest BCUT2D eigenvalue weighted by atomic mass is 9.94. The Morgan fingerprint density at radius 3 is 2.47 bits per heavy atom. The van der Waals surface area contributed by atoms with Crippen molar-refractivity contribution in [3.63, 3.8) is 0 Å². The summed E-state index contributed by atoms with van der Waals surface area (Å²) in [6.07, 6.45) is -4.79. The van der Waals surface area contributed by atoms with E-state index in [0.29, 0.717) is 16.1 Å². The van der Waals surface area contributed by atoms with Crippen LogP contribution in [-0.2, 0) is 22.1 Å². The highest BCUT2D eigenvalue weighted by Crippen LogP contribution is 2.27. The molecule has 2 atom stereocenters. The van der Waals surface area contributed by atoms with Crippen LogP contribution in [0.25, 0.3) is 11.1 Å².